The minimum atomic E-state index is -0.190. The van der Waals surface area contributed by atoms with E-state index in [4.69, 9.17) is 0 Å². The van der Waals surface area contributed by atoms with Crippen LogP contribution in [-0.4, -0.2) is 6.54 Å². The fourth-order valence-electron chi connectivity index (χ4n) is 2.57. The summed E-state index contributed by atoms with van der Waals surface area (Å²) in [5.41, 5.74) is 3.09. The second-order valence-corrected chi connectivity index (χ2v) is 5.98. The van der Waals surface area contributed by atoms with E-state index in [0.29, 0.717) is 10.0 Å². The van der Waals surface area contributed by atoms with Crippen molar-refractivity contribution in [1.82, 2.24) is 5.32 Å². The molecule has 2 rings (SSSR count). The van der Waals surface area contributed by atoms with Crippen molar-refractivity contribution >= 4 is 15.9 Å². The fraction of sp³-hybridized carbons (Fsp3) is 0.333. The first-order valence-corrected chi connectivity index (χ1v) is 8.22. The van der Waals surface area contributed by atoms with Gasteiger partial charge in [-0.1, -0.05) is 56.7 Å². The molecule has 0 aliphatic rings. The molecule has 0 amide bonds. The Bertz CT molecular complexity index is 598. The summed E-state index contributed by atoms with van der Waals surface area (Å²) in [5.74, 6) is -0.190. The lowest BCUT2D eigenvalue weighted by Crippen LogP contribution is -2.23. The van der Waals surface area contributed by atoms with Crippen molar-refractivity contribution in [3.8, 4) is 0 Å². The smallest absolute Gasteiger partial charge is 0.142 e. The van der Waals surface area contributed by atoms with Gasteiger partial charge in [-0.15, -0.1) is 0 Å². The third-order valence-corrected chi connectivity index (χ3v) is 4.14. The maximum Gasteiger partial charge on any atom is 0.142 e. The standard InChI is InChI=1S/C18H21BrFN/c1-3-7-13-8-5-9-14(12-13)18(21-4-2)15-10-6-11-16(19)17(15)20/h5-6,8-12,18,21H,3-4,7H2,1-2H3. The normalized spacial score (nSPS) is 12.4. The first-order chi connectivity index (χ1) is 10.2. The Kier molecular flexibility index (Phi) is 5.95. The topological polar surface area (TPSA) is 12.0 Å². The molecule has 3 heteroatoms. The Morgan fingerprint density at radius 2 is 1.90 bits per heavy atom. The maximum atomic E-state index is 14.4. The number of rotatable bonds is 6. The van der Waals surface area contributed by atoms with Crippen molar-refractivity contribution in [1.29, 1.82) is 0 Å². The van der Waals surface area contributed by atoms with Crippen LogP contribution in [0.25, 0.3) is 0 Å². The highest BCUT2D eigenvalue weighted by Crippen LogP contribution is 2.29. The summed E-state index contributed by atoms with van der Waals surface area (Å²) in [5, 5.41) is 3.39. The molecule has 0 spiro atoms. The number of aryl methyl sites for hydroxylation is 1. The second-order valence-electron chi connectivity index (χ2n) is 5.13. The number of nitrogens with one attached hydrogen (secondary N) is 1. The number of halogens is 2. The van der Waals surface area contributed by atoms with Crippen molar-refractivity contribution in [3.63, 3.8) is 0 Å². The molecule has 0 saturated heterocycles. The zero-order valence-corrected chi connectivity index (χ0v) is 14.1. The van der Waals surface area contributed by atoms with Gasteiger partial charge in [0, 0.05) is 5.56 Å². The van der Waals surface area contributed by atoms with Crippen LogP contribution in [0.15, 0.2) is 46.9 Å². The molecule has 1 unspecified atom stereocenters. The highest BCUT2D eigenvalue weighted by atomic mass is 79.9. The van der Waals surface area contributed by atoms with E-state index < -0.39 is 0 Å². The zero-order valence-electron chi connectivity index (χ0n) is 12.5. The Labute approximate surface area is 134 Å². The van der Waals surface area contributed by atoms with Crippen LogP contribution in [0.1, 0.15) is 43.0 Å². The summed E-state index contributed by atoms with van der Waals surface area (Å²) in [6.45, 7) is 5.00. The van der Waals surface area contributed by atoms with Gasteiger partial charge in [-0.2, -0.15) is 0 Å². The Morgan fingerprint density at radius 3 is 2.62 bits per heavy atom. The van der Waals surface area contributed by atoms with E-state index in [9.17, 15) is 4.39 Å². The van der Waals surface area contributed by atoms with E-state index in [2.05, 4.69) is 52.4 Å². The average molecular weight is 350 g/mol. The fourth-order valence-corrected chi connectivity index (χ4v) is 2.95. The molecule has 1 atom stereocenters. The molecule has 2 aromatic rings. The van der Waals surface area contributed by atoms with Crippen LogP contribution in [-0.2, 0) is 6.42 Å². The van der Waals surface area contributed by atoms with E-state index in [-0.39, 0.29) is 11.9 Å². The van der Waals surface area contributed by atoms with Gasteiger partial charge in [-0.25, -0.2) is 4.39 Å². The van der Waals surface area contributed by atoms with E-state index in [1.807, 2.05) is 19.1 Å². The zero-order chi connectivity index (χ0) is 15.2. The molecule has 0 bridgehead atoms. The molecule has 2 aromatic carbocycles. The quantitative estimate of drug-likeness (QED) is 0.751. The van der Waals surface area contributed by atoms with Gasteiger partial charge in [-0.05, 0) is 46.1 Å². The van der Waals surface area contributed by atoms with E-state index in [1.165, 1.54) is 5.56 Å². The van der Waals surface area contributed by atoms with Gasteiger partial charge in [0.15, 0.2) is 0 Å². The molecule has 1 N–H and O–H groups in total. The van der Waals surface area contributed by atoms with Crippen LogP contribution in [0.3, 0.4) is 0 Å². The molecule has 0 saturated carbocycles. The van der Waals surface area contributed by atoms with Crippen LogP contribution in [0.4, 0.5) is 4.39 Å². The number of hydrogen-bond acceptors (Lipinski definition) is 1. The Morgan fingerprint density at radius 1 is 1.14 bits per heavy atom. The molecule has 0 radical (unpaired) electrons. The molecule has 112 valence electrons. The Hall–Kier alpha value is -1.19. The van der Waals surface area contributed by atoms with Gasteiger partial charge < -0.3 is 5.32 Å². The summed E-state index contributed by atoms with van der Waals surface area (Å²) in [4.78, 5) is 0. The largest absolute Gasteiger partial charge is 0.306 e. The molecule has 1 nitrogen and oxygen atoms in total. The highest BCUT2D eigenvalue weighted by Gasteiger charge is 2.18. The molecule has 0 aromatic heterocycles. The van der Waals surface area contributed by atoms with Crippen molar-refractivity contribution in [3.05, 3.63) is 69.4 Å². The SMILES string of the molecule is CCCc1cccc(C(NCC)c2cccc(Br)c2F)c1. The minimum absolute atomic E-state index is 0.121. The van der Waals surface area contributed by atoms with Crippen LogP contribution in [0, 0.1) is 5.82 Å². The molecular formula is C18H21BrFN. The highest BCUT2D eigenvalue weighted by molar-refractivity contribution is 9.10. The van der Waals surface area contributed by atoms with Crippen LogP contribution in [0.5, 0.6) is 0 Å². The molecule has 0 heterocycles. The van der Waals surface area contributed by atoms with Crippen LogP contribution in [0.2, 0.25) is 0 Å². The summed E-state index contributed by atoms with van der Waals surface area (Å²) < 4.78 is 14.9. The number of hydrogen-bond donors (Lipinski definition) is 1. The van der Waals surface area contributed by atoms with Crippen molar-refractivity contribution < 1.29 is 4.39 Å². The summed E-state index contributed by atoms with van der Waals surface area (Å²) in [6, 6.07) is 13.8. The summed E-state index contributed by atoms with van der Waals surface area (Å²) >= 11 is 3.27. The van der Waals surface area contributed by atoms with Crippen LogP contribution >= 0.6 is 15.9 Å². The average Bonchev–Trinajstić information content (AvgIpc) is 2.49. The summed E-state index contributed by atoms with van der Waals surface area (Å²) in [6.07, 6.45) is 2.16. The lowest BCUT2D eigenvalue weighted by molar-refractivity contribution is 0.554. The van der Waals surface area contributed by atoms with E-state index in [0.717, 1.165) is 24.9 Å². The number of benzene rings is 2. The molecule has 0 aliphatic carbocycles. The molecule has 0 aliphatic heterocycles. The second kappa shape index (κ2) is 7.71. The monoisotopic (exact) mass is 349 g/mol. The van der Waals surface area contributed by atoms with E-state index in [1.54, 1.807) is 6.07 Å². The first-order valence-electron chi connectivity index (χ1n) is 7.43. The predicted molar refractivity (Wildman–Crippen MR) is 90.1 cm³/mol. The maximum absolute atomic E-state index is 14.4. The molecule has 0 fully saturated rings. The Balaban J connectivity index is 2.43. The molecule has 21 heavy (non-hydrogen) atoms. The minimum Gasteiger partial charge on any atom is -0.306 e. The lowest BCUT2D eigenvalue weighted by atomic mass is 9.95. The lowest BCUT2D eigenvalue weighted by Gasteiger charge is -2.20. The van der Waals surface area contributed by atoms with Gasteiger partial charge in [0.2, 0.25) is 0 Å². The van der Waals surface area contributed by atoms with E-state index >= 15 is 0 Å². The van der Waals surface area contributed by atoms with Gasteiger partial charge in [-0.3, -0.25) is 0 Å². The van der Waals surface area contributed by atoms with Crippen molar-refractivity contribution in [2.24, 2.45) is 0 Å². The third kappa shape index (κ3) is 3.92. The molecular weight excluding hydrogens is 329 g/mol. The van der Waals surface area contributed by atoms with Gasteiger partial charge in [0.25, 0.3) is 0 Å². The summed E-state index contributed by atoms with van der Waals surface area (Å²) in [7, 11) is 0. The first kappa shape index (κ1) is 16.2. The third-order valence-electron chi connectivity index (χ3n) is 3.52. The van der Waals surface area contributed by atoms with Gasteiger partial charge >= 0.3 is 0 Å². The predicted octanol–water partition coefficient (Wildman–Crippen LogP) is 5.24. The van der Waals surface area contributed by atoms with Gasteiger partial charge in [0.05, 0.1) is 10.5 Å². The van der Waals surface area contributed by atoms with Crippen LogP contribution < -0.4 is 5.32 Å². The van der Waals surface area contributed by atoms with Gasteiger partial charge in [0.1, 0.15) is 5.82 Å². The van der Waals surface area contributed by atoms with Crippen molar-refractivity contribution in [2.75, 3.05) is 6.54 Å². The van der Waals surface area contributed by atoms with Crippen molar-refractivity contribution in [2.45, 2.75) is 32.7 Å².